The zero-order valence-electron chi connectivity index (χ0n) is 28.1. The molecule has 3 aliphatic rings. The number of benzene rings is 6. The normalized spacial score (nSPS) is 20.3. The average molecular weight is 642 g/mol. The van der Waals surface area contributed by atoms with Crippen molar-refractivity contribution in [1.82, 2.24) is 9.97 Å². The molecule has 10 rings (SSSR count). The number of hydrogen-bond acceptors (Lipinski definition) is 3. The Labute approximate surface area is 292 Å². The minimum absolute atomic E-state index is 0.172. The van der Waals surface area contributed by atoms with Crippen molar-refractivity contribution in [1.29, 1.82) is 0 Å². The number of nitrogens with zero attached hydrogens (tertiary/aromatic N) is 3. The molecular formula is C47H35N3. The van der Waals surface area contributed by atoms with Crippen molar-refractivity contribution < 1.29 is 0 Å². The van der Waals surface area contributed by atoms with E-state index < -0.39 is 0 Å². The van der Waals surface area contributed by atoms with Gasteiger partial charge in [0.05, 0.1) is 16.9 Å². The van der Waals surface area contributed by atoms with Gasteiger partial charge in [-0.1, -0.05) is 159 Å². The Hall–Kier alpha value is -6.06. The highest BCUT2D eigenvalue weighted by atomic mass is 15.3. The van der Waals surface area contributed by atoms with Crippen LogP contribution in [-0.2, 0) is 5.41 Å². The van der Waals surface area contributed by atoms with E-state index in [1.165, 1.54) is 50.2 Å². The van der Waals surface area contributed by atoms with E-state index in [2.05, 4.69) is 183 Å². The highest BCUT2D eigenvalue weighted by Gasteiger charge is 2.52. The molecule has 0 amide bonds. The summed E-state index contributed by atoms with van der Waals surface area (Å²) < 4.78 is 0. The van der Waals surface area contributed by atoms with Crippen molar-refractivity contribution in [3.05, 3.63) is 197 Å². The fraction of sp³-hybridized carbons (Fsp3) is 0.106. The molecule has 1 aromatic heterocycles. The fourth-order valence-corrected chi connectivity index (χ4v) is 8.91. The predicted octanol–water partition coefficient (Wildman–Crippen LogP) is 11.5. The zero-order valence-corrected chi connectivity index (χ0v) is 28.1. The van der Waals surface area contributed by atoms with Crippen molar-refractivity contribution in [2.75, 3.05) is 4.90 Å². The third-order valence-corrected chi connectivity index (χ3v) is 11.2. The summed E-state index contributed by atoms with van der Waals surface area (Å²) in [7, 11) is 0. The van der Waals surface area contributed by atoms with Crippen LogP contribution in [0.4, 0.5) is 11.6 Å². The quantitative estimate of drug-likeness (QED) is 0.191. The van der Waals surface area contributed by atoms with Gasteiger partial charge in [0.1, 0.15) is 0 Å². The molecule has 0 fully saturated rings. The molecule has 0 N–H and O–H groups in total. The fourth-order valence-electron chi connectivity index (χ4n) is 8.91. The number of fused-ring (bicyclic) bond motifs is 7. The van der Waals surface area contributed by atoms with E-state index in [-0.39, 0.29) is 17.3 Å². The first-order valence-corrected chi connectivity index (χ1v) is 17.6. The van der Waals surface area contributed by atoms with Crippen LogP contribution >= 0.6 is 0 Å². The van der Waals surface area contributed by atoms with Crippen molar-refractivity contribution in [3.63, 3.8) is 0 Å². The summed E-state index contributed by atoms with van der Waals surface area (Å²) >= 11 is 0. The number of aromatic nitrogens is 2. The number of rotatable bonds is 4. The van der Waals surface area contributed by atoms with Crippen molar-refractivity contribution in [2.24, 2.45) is 5.92 Å². The molecule has 0 saturated heterocycles. The summed E-state index contributed by atoms with van der Waals surface area (Å²) in [4.78, 5) is 13.3. The SMILES string of the molecule is CC1C=C2C(=C3C1c1ccccc1N3c1nc(-c3ccc(-c4ccccc4)cc3)c3ccccc3n1)C(C)(c1ccccc1)c1ccccc12. The third kappa shape index (κ3) is 4.10. The number of hydrogen-bond donors (Lipinski definition) is 0. The highest BCUT2D eigenvalue weighted by Crippen LogP contribution is 2.63. The maximum absolute atomic E-state index is 5.52. The molecule has 3 unspecified atom stereocenters. The lowest BCUT2D eigenvalue weighted by atomic mass is 9.69. The molecule has 3 nitrogen and oxygen atoms in total. The molecular weight excluding hydrogens is 607 g/mol. The molecule has 0 saturated carbocycles. The summed E-state index contributed by atoms with van der Waals surface area (Å²) in [6, 6.07) is 56.7. The molecule has 3 atom stereocenters. The van der Waals surface area contributed by atoms with Gasteiger partial charge in [-0.2, -0.15) is 0 Å². The Bertz CT molecular complexity index is 2510. The van der Waals surface area contributed by atoms with Crippen LogP contribution in [0.3, 0.4) is 0 Å². The van der Waals surface area contributed by atoms with E-state index in [0.717, 1.165) is 27.8 Å². The summed E-state index contributed by atoms with van der Waals surface area (Å²) in [5.41, 5.74) is 15.4. The zero-order chi connectivity index (χ0) is 33.4. The van der Waals surface area contributed by atoms with Gasteiger partial charge in [-0.25, -0.2) is 9.97 Å². The first-order valence-electron chi connectivity index (χ1n) is 17.6. The lowest BCUT2D eigenvalue weighted by molar-refractivity contribution is 0.593. The molecule has 2 aliphatic carbocycles. The molecule has 2 heterocycles. The molecule has 0 bridgehead atoms. The van der Waals surface area contributed by atoms with E-state index in [1.54, 1.807) is 0 Å². The molecule has 7 aromatic rings. The van der Waals surface area contributed by atoms with E-state index in [1.807, 2.05) is 0 Å². The summed E-state index contributed by atoms with van der Waals surface area (Å²) in [6.07, 6.45) is 2.53. The minimum atomic E-state index is -0.356. The Morgan fingerprint density at radius 3 is 2.06 bits per heavy atom. The van der Waals surface area contributed by atoms with Crippen molar-refractivity contribution >= 4 is 28.1 Å². The van der Waals surface area contributed by atoms with Gasteiger partial charge in [-0.3, -0.25) is 4.90 Å². The van der Waals surface area contributed by atoms with Gasteiger partial charge in [0.15, 0.2) is 0 Å². The van der Waals surface area contributed by atoms with Gasteiger partial charge < -0.3 is 0 Å². The smallest absolute Gasteiger partial charge is 0.235 e. The van der Waals surface area contributed by atoms with E-state index in [9.17, 15) is 0 Å². The maximum Gasteiger partial charge on any atom is 0.235 e. The van der Waals surface area contributed by atoms with Gasteiger partial charge in [0.25, 0.3) is 0 Å². The van der Waals surface area contributed by atoms with Crippen LogP contribution in [-0.4, -0.2) is 9.97 Å². The molecule has 238 valence electrons. The number of allylic oxidation sites excluding steroid dienone is 4. The van der Waals surface area contributed by atoms with Crippen LogP contribution < -0.4 is 4.90 Å². The summed E-state index contributed by atoms with van der Waals surface area (Å²) in [5, 5.41) is 1.05. The van der Waals surface area contributed by atoms with Crippen LogP contribution in [0.15, 0.2) is 175 Å². The monoisotopic (exact) mass is 641 g/mol. The van der Waals surface area contributed by atoms with E-state index in [0.29, 0.717) is 5.95 Å². The first-order chi connectivity index (χ1) is 24.6. The van der Waals surface area contributed by atoms with E-state index in [4.69, 9.17) is 9.97 Å². The Morgan fingerprint density at radius 2 is 1.24 bits per heavy atom. The van der Waals surface area contributed by atoms with E-state index >= 15 is 0 Å². The van der Waals surface area contributed by atoms with Gasteiger partial charge >= 0.3 is 0 Å². The second-order valence-electron chi connectivity index (χ2n) is 13.9. The first kappa shape index (κ1) is 28.9. The second-order valence-corrected chi connectivity index (χ2v) is 13.9. The average Bonchev–Trinajstić information content (AvgIpc) is 3.66. The molecule has 6 aromatic carbocycles. The Balaban J connectivity index is 1.24. The molecule has 1 aliphatic heterocycles. The van der Waals surface area contributed by atoms with Crippen LogP contribution in [0.25, 0.3) is 38.9 Å². The highest BCUT2D eigenvalue weighted by molar-refractivity contribution is 5.98. The molecule has 50 heavy (non-hydrogen) atoms. The van der Waals surface area contributed by atoms with Crippen molar-refractivity contribution in [3.8, 4) is 22.4 Å². The molecule has 3 heteroatoms. The predicted molar refractivity (Wildman–Crippen MR) is 205 cm³/mol. The minimum Gasteiger partial charge on any atom is -0.282 e. The van der Waals surface area contributed by atoms with Gasteiger partial charge in [-0.05, 0) is 69.5 Å². The maximum atomic E-state index is 5.52. The lowest BCUT2D eigenvalue weighted by Gasteiger charge is -2.37. The second kappa shape index (κ2) is 11.0. The van der Waals surface area contributed by atoms with Crippen LogP contribution in [0.5, 0.6) is 0 Å². The topological polar surface area (TPSA) is 29.0 Å². The number of anilines is 2. The van der Waals surface area contributed by atoms with Gasteiger partial charge in [0.2, 0.25) is 5.95 Å². The van der Waals surface area contributed by atoms with Crippen LogP contribution in [0, 0.1) is 5.92 Å². The summed E-state index contributed by atoms with van der Waals surface area (Å²) in [6.45, 7) is 4.79. The largest absolute Gasteiger partial charge is 0.282 e. The molecule has 0 radical (unpaired) electrons. The lowest BCUT2D eigenvalue weighted by Crippen LogP contribution is -2.31. The van der Waals surface area contributed by atoms with Crippen molar-refractivity contribution in [2.45, 2.75) is 25.2 Å². The van der Waals surface area contributed by atoms with Gasteiger partial charge in [-0.15, -0.1) is 0 Å². The Kier molecular flexibility index (Phi) is 6.35. The van der Waals surface area contributed by atoms with Crippen LogP contribution in [0.1, 0.15) is 42.0 Å². The third-order valence-electron chi connectivity index (χ3n) is 11.2. The standard InChI is InChI=1S/C47H35N3/c1-30-29-38-35-19-9-12-22-39(35)47(2,34-17-7-4-8-18-34)43(38)45-42(30)37-21-11-14-24-41(37)50(45)46-48-40-23-13-10-20-36(40)44(49-46)33-27-25-32(26-28-33)31-15-5-3-6-16-31/h3-30,42H,1-2H3. The summed E-state index contributed by atoms with van der Waals surface area (Å²) in [5.74, 6) is 1.17. The Morgan fingerprint density at radius 1 is 0.600 bits per heavy atom. The van der Waals surface area contributed by atoms with Gasteiger partial charge in [0, 0.05) is 28.0 Å². The van der Waals surface area contributed by atoms with Crippen LogP contribution in [0.2, 0.25) is 0 Å². The number of para-hydroxylation sites is 2. The molecule has 0 spiro atoms.